The first-order valence-corrected chi connectivity index (χ1v) is 5.88. The average Bonchev–Trinajstić information content (AvgIpc) is 2.75. The summed E-state index contributed by atoms with van der Waals surface area (Å²) >= 11 is 0. The standard InChI is InChI=1S/C14H14N4O/c1-10-6-13(18(2)17-10)14(19)16-9-12-5-3-4-11(7-12)8-15/h3-7H,9H2,1-2H3,(H,16,19). The summed E-state index contributed by atoms with van der Waals surface area (Å²) in [5.41, 5.74) is 2.81. The van der Waals surface area contributed by atoms with E-state index in [-0.39, 0.29) is 5.91 Å². The summed E-state index contributed by atoms with van der Waals surface area (Å²) in [6.45, 7) is 2.23. The summed E-state index contributed by atoms with van der Waals surface area (Å²) in [5, 5.41) is 15.7. The van der Waals surface area contributed by atoms with E-state index in [0.717, 1.165) is 11.3 Å². The van der Waals surface area contributed by atoms with Gasteiger partial charge >= 0.3 is 0 Å². The van der Waals surface area contributed by atoms with Crippen LogP contribution in [0.5, 0.6) is 0 Å². The van der Waals surface area contributed by atoms with Gasteiger partial charge in [0.2, 0.25) is 0 Å². The van der Waals surface area contributed by atoms with E-state index < -0.39 is 0 Å². The zero-order valence-electron chi connectivity index (χ0n) is 10.8. The highest BCUT2D eigenvalue weighted by molar-refractivity contribution is 5.92. The first-order valence-electron chi connectivity index (χ1n) is 5.88. The largest absolute Gasteiger partial charge is 0.347 e. The van der Waals surface area contributed by atoms with Crippen molar-refractivity contribution in [2.45, 2.75) is 13.5 Å². The quantitative estimate of drug-likeness (QED) is 0.903. The lowest BCUT2D eigenvalue weighted by Crippen LogP contribution is -2.25. The second-order valence-electron chi connectivity index (χ2n) is 4.29. The zero-order chi connectivity index (χ0) is 13.8. The lowest BCUT2D eigenvalue weighted by atomic mass is 10.1. The van der Waals surface area contributed by atoms with Crippen LogP contribution in [0.2, 0.25) is 0 Å². The number of carbonyl (C=O) groups is 1. The first kappa shape index (κ1) is 12.8. The molecule has 5 heteroatoms. The van der Waals surface area contributed by atoms with Crippen molar-refractivity contribution in [2.24, 2.45) is 7.05 Å². The third-order valence-electron chi connectivity index (χ3n) is 2.74. The minimum absolute atomic E-state index is 0.175. The summed E-state index contributed by atoms with van der Waals surface area (Å²) in [6, 6.07) is 11.0. The minimum atomic E-state index is -0.175. The molecule has 0 aliphatic rings. The van der Waals surface area contributed by atoms with E-state index in [1.807, 2.05) is 13.0 Å². The Kier molecular flexibility index (Phi) is 3.62. The predicted molar refractivity (Wildman–Crippen MR) is 70.3 cm³/mol. The number of amides is 1. The van der Waals surface area contributed by atoms with Crippen molar-refractivity contribution in [3.8, 4) is 6.07 Å². The molecule has 1 aromatic heterocycles. The normalized spacial score (nSPS) is 9.95. The summed E-state index contributed by atoms with van der Waals surface area (Å²) < 4.78 is 1.55. The molecule has 0 aliphatic carbocycles. The van der Waals surface area contributed by atoms with Crippen LogP contribution in [0.15, 0.2) is 30.3 Å². The number of aromatic nitrogens is 2. The molecule has 1 aromatic carbocycles. The van der Waals surface area contributed by atoms with Gasteiger partial charge < -0.3 is 5.32 Å². The fourth-order valence-electron chi connectivity index (χ4n) is 1.85. The molecule has 0 bridgehead atoms. The van der Waals surface area contributed by atoms with Crippen molar-refractivity contribution in [2.75, 3.05) is 0 Å². The van der Waals surface area contributed by atoms with Crippen LogP contribution in [0, 0.1) is 18.3 Å². The first-order chi connectivity index (χ1) is 9.10. The van der Waals surface area contributed by atoms with Crippen molar-refractivity contribution in [3.63, 3.8) is 0 Å². The molecule has 1 N–H and O–H groups in total. The molecular formula is C14H14N4O. The van der Waals surface area contributed by atoms with Gasteiger partial charge in [0.25, 0.3) is 5.91 Å². The molecule has 0 unspecified atom stereocenters. The van der Waals surface area contributed by atoms with E-state index in [2.05, 4.69) is 16.5 Å². The highest BCUT2D eigenvalue weighted by Crippen LogP contribution is 2.05. The summed E-state index contributed by atoms with van der Waals surface area (Å²) in [4.78, 5) is 12.0. The molecule has 2 rings (SSSR count). The Bertz CT molecular complexity index is 652. The van der Waals surface area contributed by atoms with Crippen molar-refractivity contribution < 1.29 is 4.79 Å². The van der Waals surface area contributed by atoms with Crippen LogP contribution in [0.1, 0.15) is 27.3 Å². The predicted octanol–water partition coefficient (Wildman–Crippen LogP) is 1.53. The Balaban J connectivity index is 2.04. The average molecular weight is 254 g/mol. The molecule has 2 aromatic rings. The lowest BCUT2D eigenvalue weighted by molar-refractivity contribution is 0.0941. The van der Waals surface area contributed by atoms with Gasteiger partial charge in [-0.25, -0.2) is 0 Å². The van der Waals surface area contributed by atoms with Crippen LogP contribution in [-0.4, -0.2) is 15.7 Å². The van der Waals surface area contributed by atoms with Gasteiger partial charge in [0, 0.05) is 13.6 Å². The molecule has 96 valence electrons. The Morgan fingerprint density at radius 2 is 2.26 bits per heavy atom. The van der Waals surface area contributed by atoms with Gasteiger partial charge in [0.15, 0.2) is 0 Å². The maximum atomic E-state index is 12.0. The Morgan fingerprint density at radius 3 is 2.89 bits per heavy atom. The number of rotatable bonds is 3. The van der Waals surface area contributed by atoms with Gasteiger partial charge in [-0.05, 0) is 30.7 Å². The molecule has 0 fully saturated rings. The maximum absolute atomic E-state index is 12.0. The van der Waals surface area contributed by atoms with E-state index in [9.17, 15) is 4.79 Å². The number of aryl methyl sites for hydroxylation is 2. The summed E-state index contributed by atoms with van der Waals surface area (Å²) in [6.07, 6.45) is 0. The van der Waals surface area contributed by atoms with Crippen molar-refractivity contribution in [1.82, 2.24) is 15.1 Å². The number of nitrogens with zero attached hydrogens (tertiary/aromatic N) is 3. The van der Waals surface area contributed by atoms with Gasteiger partial charge in [-0.3, -0.25) is 9.48 Å². The van der Waals surface area contributed by atoms with Gasteiger partial charge in [-0.1, -0.05) is 12.1 Å². The van der Waals surface area contributed by atoms with Gasteiger partial charge in [-0.15, -0.1) is 0 Å². The van der Waals surface area contributed by atoms with Crippen LogP contribution >= 0.6 is 0 Å². The maximum Gasteiger partial charge on any atom is 0.269 e. The summed E-state index contributed by atoms with van der Waals surface area (Å²) in [5.74, 6) is -0.175. The van der Waals surface area contributed by atoms with E-state index in [1.54, 1.807) is 36.0 Å². The van der Waals surface area contributed by atoms with Crippen molar-refractivity contribution in [3.05, 3.63) is 52.8 Å². The van der Waals surface area contributed by atoms with Crippen LogP contribution in [-0.2, 0) is 13.6 Å². The lowest BCUT2D eigenvalue weighted by Gasteiger charge is -2.05. The molecule has 5 nitrogen and oxygen atoms in total. The summed E-state index contributed by atoms with van der Waals surface area (Å²) in [7, 11) is 1.73. The van der Waals surface area contributed by atoms with Crippen molar-refractivity contribution >= 4 is 5.91 Å². The van der Waals surface area contributed by atoms with Gasteiger partial charge in [0.1, 0.15) is 5.69 Å². The highest BCUT2D eigenvalue weighted by atomic mass is 16.2. The van der Waals surface area contributed by atoms with Crippen LogP contribution in [0.4, 0.5) is 0 Å². The van der Waals surface area contributed by atoms with Gasteiger partial charge in [-0.2, -0.15) is 10.4 Å². The molecule has 1 heterocycles. The van der Waals surface area contributed by atoms with Crippen molar-refractivity contribution in [1.29, 1.82) is 5.26 Å². The molecule has 0 radical (unpaired) electrons. The number of hydrogen-bond acceptors (Lipinski definition) is 3. The molecule has 1 amide bonds. The number of carbonyl (C=O) groups excluding carboxylic acids is 1. The second kappa shape index (κ2) is 5.36. The molecular weight excluding hydrogens is 240 g/mol. The molecule has 0 aliphatic heterocycles. The highest BCUT2D eigenvalue weighted by Gasteiger charge is 2.11. The zero-order valence-corrected chi connectivity index (χ0v) is 10.8. The Hall–Kier alpha value is -2.61. The monoisotopic (exact) mass is 254 g/mol. The number of nitriles is 1. The molecule has 0 saturated heterocycles. The van der Waals surface area contributed by atoms with Gasteiger partial charge in [0.05, 0.1) is 17.3 Å². The fourth-order valence-corrected chi connectivity index (χ4v) is 1.85. The fraction of sp³-hybridized carbons (Fsp3) is 0.214. The van der Waals surface area contributed by atoms with Crippen LogP contribution in [0.3, 0.4) is 0 Å². The number of nitrogens with one attached hydrogen (secondary N) is 1. The topological polar surface area (TPSA) is 70.7 Å². The third-order valence-corrected chi connectivity index (χ3v) is 2.74. The molecule has 0 saturated carbocycles. The van der Waals surface area contributed by atoms with E-state index in [4.69, 9.17) is 5.26 Å². The number of benzene rings is 1. The van der Waals surface area contributed by atoms with E-state index in [0.29, 0.717) is 17.8 Å². The Morgan fingerprint density at radius 1 is 1.47 bits per heavy atom. The second-order valence-corrected chi connectivity index (χ2v) is 4.29. The third kappa shape index (κ3) is 2.99. The smallest absolute Gasteiger partial charge is 0.269 e. The minimum Gasteiger partial charge on any atom is -0.347 e. The Labute approximate surface area is 111 Å². The van der Waals surface area contributed by atoms with E-state index >= 15 is 0 Å². The van der Waals surface area contributed by atoms with Crippen LogP contribution < -0.4 is 5.32 Å². The molecule has 19 heavy (non-hydrogen) atoms. The molecule has 0 spiro atoms. The molecule has 0 atom stereocenters. The SMILES string of the molecule is Cc1cc(C(=O)NCc2cccc(C#N)c2)n(C)n1. The van der Waals surface area contributed by atoms with E-state index in [1.165, 1.54) is 0 Å². The number of hydrogen-bond donors (Lipinski definition) is 1. The van der Waals surface area contributed by atoms with Crippen LogP contribution in [0.25, 0.3) is 0 Å².